The Labute approximate surface area is 114 Å². The predicted octanol–water partition coefficient (Wildman–Crippen LogP) is 3.85. The van der Waals surface area contributed by atoms with Crippen molar-refractivity contribution in [1.82, 2.24) is 10.3 Å². The molecule has 1 aromatic carbocycles. The Kier molecular flexibility index (Phi) is 4.53. The van der Waals surface area contributed by atoms with Crippen molar-refractivity contribution in [2.24, 2.45) is 0 Å². The predicted molar refractivity (Wildman–Crippen MR) is 77.6 cm³/mol. The van der Waals surface area contributed by atoms with E-state index in [0.29, 0.717) is 11.9 Å². The Morgan fingerprint density at radius 3 is 2.74 bits per heavy atom. The summed E-state index contributed by atoms with van der Waals surface area (Å²) in [5, 5.41) is 3.36. The lowest BCUT2D eigenvalue weighted by Gasteiger charge is -2.12. The molecule has 100 valence electrons. The van der Waals surface area contributed by atoms with Gasteiger partial charge in [-0.1, -0.05) is 25.1 Å². The van der Waals surface area contributed by atoms with Crippen molar-refractivity contribution in [1.29, 1.82) is 0 Å². The number of nitrogens with one attached hydrogen (secondary N) is 1. The number of hydrogen-bond donors (Lipinski definition) is 1. The highest BCUT2D eigenvalue weighted by Crippen LogP contribution is 2.21. The maximum Gasteiger partial charge on any atom is 0.219 e. The fourth-order valence-electron chi connectivity index (χ4n) is 1.93. The lowest BCUT2D eigenvalue weighted by molar-refractivity contribution is 0.461. The summed E-state index contributed by atoms with van der Waals surface area (Å²) in [7, 11) is 0. The lowest BCUT2D eigenvalue weighted by Crippen LogP contribution is -2.17. The molecule has 0 saturated heterocycles. The van der Waals surface area contributed by atoms with Gasteiger partial charge in [0.05, 0.1) is 0 Å². The van der Waals surface area contributed by atoms with Crippen molar-refractivity contribution in [2.45, 2.75) is 26.8 Å². The first kappa shape index (κ1) is 13.6. The van der Waals surface area contributed by atoms with Gasteiger partial charge in [-0.15, -0.1) is 0 Å². The molecule has 1 N–H and O–H groups in total. The third-order valence-electron chi connectivity index (χ3n) is 2.98. The maximum absolute atomic E-state index is 5.72. The van der Waals surface area contributed by atoms with Crippen molar-refractivity contribution in [2.75, 3.05) is 6.54 Å². The average molecular weight is 256 g/mol. The minimum absolute atomic E-state index is 0.311. The number of hydrogen-bond acceptors (Lipinski definition) is 3. The number of aromatic nitrogens is 1. The number of nitrogens with zero attached hydrogens (tertiary/aromatic N) is 1. The van der Waals surface area contributed by atoms with E-state index >= 15 is 0 Å². The smallest absolute Gasteiger partial charge is 0.219 e. The molecule has 1 unspecified atom stereocenters. The molecule has 0 aliphatic rings. The van der Waals surface area contributed by atoms with Crippen LogP contribution in [0.1, 0.15) is 31.0 Å². The molecule has 0 fully saturated rings. The fourth-order valence-corrected chi connectivity index (χ4v) is 1.93. The molecule has 0 spiro atoms. The molecule has 0 bridgehead atoms. The van der Waals surface area contributed by atoms with Crippen LogP contribution in [0.5, 0.6) is 11.6 Å². The molecule has 1 heterocycles. The topological polar surface area (TPSA) is 34.1 Å². The molecular formula is C16H20N2O. The first-order valence-corrected chi connectivity index (χ1v) is 6.63. The number of pyridine rings is 1. The van der Waals surface area contributed by atoms with E-state index in [1.165, 1.54) is 11.1 Å². The van der Waals surface area contributed by atoms with Gasteiger partial charge in [-0.05, 0) is 43.7 Å². The summed E-state index contributed by atoms with van der Waals surface area (Å²) in [4.78, 5) is 4.34. The van der Waals surface area contributed by atoms with Gasteiger partial charge in [0.2, 0.25) is 5.88 Å². The highest BCUT2D eigenvalue weighted by atomic mass is 16.5. The zero-order valence-corrected chi connectivity index (χ0v) is 11.7. The highest BCUT2D eigenvalue weighted by molar-refractivity contribution is 5.31. The third-order valence-corrected chi connectivity index (χ3v) is 2.98. The average Bonchev–Trinajstić information content (AvgIpc) is 2.40. The molecule has 1 atom stereocenters. The molecule has 3 heteroatoms. The molecule has 0 aliphatic heterocycles. The summed E-state index contributed by atoms with van der Waals surface area (Å²) in [5.41, 5.74) is 2.34. The van der Waals surface area contributed by atoms with Gasteiger partial charge in [-0.3, -0.25) is 0 Å². The van der Waals surface area contributed by atoms with Crippen LogP contribution in [0.15, 0.2) is 42.6 Å². The minimum atomic E-state index is 0.311. The summed E-state index contributed by atoms with van der Waals surface area (Å²) >= 11 is 0. The SMILES string of the molecule is CCNC(C)c1ccc(Oc2cccc(C)c2)nc1. The molecule has 2 rings (SSSR count). The fraction of sp³-hybridized carbons (Fsp3) is 0.312. The normalized spacial score (nSPS) is 12.2. The largest absolute Gasteiger partial charge is 0.439 e. The summed E-state index contributed by atoms with van der Waals surface area (Å²) < 4.78 is 5.72. The van der Waals surface area contributed by atoms with Crippen LogP contribution in [0, 0.1) is 6.92 Å². The lowest BCUT2D eigenvalue weighted by atomic mass is 10.1. The zero-order chi connectivity index (χ0) is 13.7. The molecule has 0 aliphatic carbocycles. The second kappa shape index (κ2) is 6.34. The number of benzene rings is 1. The molecular weight excluding hydrogens is 236 g/mol. The quantitative estimate of drug-likeness (QED) is 0.882. The molecule has 3 nitrogen and oxygen atoms in total. The molecule has 1 aromatic heterocycles. The van der Waals surface area contributed by atoms with Crippen LogP contribution in [0.2, 0.25) is 0 Å². The van der Waals surface area contributed by atoms with Crippen LogP contribution >= 0.6 is 0 Å². The first-order valence-electron chi connectivity index (χ1n) is 6.63. The van der Waals surface area contributed by atoms with Crippen molar-refractivity contribution in [3.05, 3.63) is 53.7 Å². The number of rotatable bonds is 5. The van der Waals surface area contributed by atoms with Gasteiger partial charge in [-0.2, -0.15) is 0 Å². The third kappa shape index (κ3) is 3.80. The Morgan fingerprint density at radius 2 is 2.11 bits per heavy atom. The van der Waals surface area contributed by atoms with Crippen LogP contribution in [0.4, 0.5) is 0 Å². The van der Waals surface area contributed by atoms with Gasteiger partial charge in [0.1, 0.15) is 5.75 Å². The summed E-state index contributed by atoms with van der Waals surface area (Å²) in [6, 6.07) is 12.2. The van der Waals surface area contributed by atoms with Crippen LogP contribution in [0.3, 0.4) is 0 Å². The minimum Gasteiger partial charge on any atom is -0.439 e. The Bertz CT molecular complexity index is 523. The van der Waals surface area contributed by atoms with Crippen molar-refractivity contribution >= 4 is 0 Å². The molecule has 2 aromatic rings. The van der Waals surface area contributed by atoms with Gasteiger partial charge in [0.25, 0.3) is 0 Å². The summed E-state index contributed by atoms with van der Waals surface area (Å²) in [6.45, 7) is 7.21. The van der Waals surface area contributed by atoms with E-state index < -0.39 is 0 Å². The number of aryl methyl sites for hydroxylation is 1. The van der Waals surface area contributed by atoms with E-state index in [9.17, 15) is 0 Å². The van der Waals surface area contributed by atoms with E-state index in [4.69, 9.17) is 4.74 Å². The maximum atomic E-state index is 5.72. The van der Waals surface area contributed by atoms with Crippen LogP contribution in [-0.2, 0) is 0 Å². The molecule has 0 saturated carbocycles. The van der Waals surface area contributed by atoms with Gasteiger partial charge < -0.3 is 10.1 Å². The van der Waals surface area contributed by atoms with Crippen LogP contribution < -0.4 is 10.1 Å². The monoisotopic (exact) mass is 256 g/mol. The van der Waals surface area contributed by atoms with Crippen LogP contribution in [0.25, 0.3) is 0 Å². The van der Waals surface area contributed by atoms with E-state index in [2.05, 4.69) is 24.1 Å². The summed E-state index contributed by atoms with van der Waals surface area (Å²) in [6.07, 6.45) is 1.86. The Balaban J connectivity index is 2.06. The van der Waals surface area contributed by atoms with Crippen molar-refractivity contribution in [3.63, 3.8) is 0 Å². The highest BCUT2D eigenvalue weighted by Gasteiger charge is 2.05. The summed E-state index contributed by atoms with van der Waals surface area (Å²) in [5.74, 6) is 1.44. The van der Waals surface area contributed by atoms with E-state index in [-0.39, 0.29) is 0 Å². The second-order valence-electron chi connectivity index (χ2n) is 4.63. The van der Waals surface area contributed by atoms with Crippen molar-refractivity contribution in [3.8, 4) is 11.6 Å². The molecule has 0 radical (unpaired) electrons. The van der Waals surface area contributed by atoms with Gasteiger partial charge in [0, 0.05) is 18.3 Å². The van der Waals surface area contributed by atoms with E-state index in [1.54, 1.807) is 0 Å². The van der Waals surface area contributed by atoms with Gasteiger partial charge in [-0.25, -0.2) is 4.98 Å². The Morgan fingerprint density at radius 1 is 1.26 bits per heavy atom. The van der Waals surface area contributed by atoms with E-state index in [0.717, 1.165) is 12.3 Å². The number of ether oxygens (including phenoxy) is 1. The van der Waals surface area contributed by atoms with E-state index in [1.807, 2.05) is 49.5 Å². The molecule has 0 amide bonds. The van der Waals surface area contributed by atoms with Crippen molar-refractivity contribution < 1.29 is 4.74 Å². The molecule has 19 heavy (non-hydrogen) atoms. The van der Waals surface area contributed by atoms with Crippen LogP contribution in [-0.4, -0.2) is 11.5 Å². The van der Waals surface area contributed by atoms with Gasteiger partial charge in [0.15, 0.2) is 0 Å². The first-order chi connectivity index (χ1) is 9.19. The Hall–Kier alpha value is -1.87. The van der Waals surface area contributed by atoms with Gasteiger partial charge >= 0.3 is 0 Å². The standard InChI is InChI=1S/C16H20N2O/c1-4-17-13(3)14-8-9-16(18-11-14)19-15-7-5-6-12(2)10-15/h5-11,13,17H,4H2,1-3H3. The zero-order valence-electron chi connectivity index (χ0n) is 11.7. The second-order valence-corrected chi connectivity index (χ2v) is 4.63.